The van der Waals surface area contributed by atoms with Crippen LogP contribution in [0.1, 0.15) is 0 Å². The van der Waals surface area contributed by atoms with E-state index in [1.165, 1.54) is 6.08 Å². The minimum absolute atomic E-state index is 0.208. The Balaban J connectivity index is 0. The van der Waals surface area contributed by atoms with Gasteiger partial charge in [0, 0.05) is 0 Å². The maximum Gasteiger partial charge on any atom is 0.0998 e. The lowest BCUT2D eigenvalue weighted by atomic mass is 10.6. The van der Waals surface area contributed by atoms with Crippen molar-refractivity contribution < 1.29 is 14.9 Å². The van der Waals surface area contributed by atoms with Crippen molar-refractivity contribution in [3.8, 4) is 0 Å². The lowest BCUT2D eigenvalue weighted by Gasteiger charge is -1.89. The lowest BCUT2D eigenvalue weighted by molar-refractivity contribution is -0.231. The zero-order valence-corrected chi connectivity index (χ0v) is 7.24. The first-order valence-electron chi connectivity index (χ1n) is 3.50. The van der Waals surface area contributed by atoms with Gasteiger partial charge in [-0.3, -0.25) is 5.26 Å². The number of rotatable bonds is 6. The Morgan fingerprint density at radius 2 is 1.33 bits per heavy atom. The zero-order chi connectivity index (χ0) is 9.66. The molecule has 0 aliphatic heterocycles. The second-order valence-electron chi connectivity index (χ2n) is 1.70. The van der Waals surface area contributed by atoms with E-state index < -0.39 is 0 Å². The Morgan fingerprint density at radius 3 is 1.50 bits per heavy atom. The molecule has 0 aliphatic rings. The van der Waals surface area contributed by atoms with E-state index in [9.17, 15) is 0 Å². The van der Waals surface area contributed by atoms with Crippen LogP contribution in [0.25, 0.3) is 0 Å². The largest absolute Gasteiger partial charge is 0.373 e. The maximum absolute atomic E-state index is 7.50. The predicted molar refractivity (Wildman–Crippen MR) is 50.0 cm³/mol. The van der Waals surface area contributed by atoms with Gasteiger partial charge in [0.15, 0.2) is 0 Å². The summed E-state index contributed by atoms with van der Waals surface area (Å²) in [5, 5.41) is 7.50. The first kappa shape index (κ1) is 13.7. The first-order chi connectivity index (χ1) is 5.83. The average molecular weight is 172 g/mol. The maximum atomic E-state index is 7.50. The van der Waals surface area contributed by atoms with Gasteiger partial charge in [-0.25, -0.2) is 4.89 Å². The van der Waals surface area contributed by atoms with E-state index in [4.69, 9.17) is 9.99 Å². The topological polar surface area (TPSA) is 38.7 Å². The normalized spacial score (nSPS) is 7.75. The molecule has 0 aromatic rings. The number of hydrogen-bond donors (Lipinski definition) is 1. The van der Waals surface area contributed by atoms with Crippen LogP contribution >= 0.6 is 0 Å². The van der Waals surface area contributed by atoms with E-state index in [1.807, 2.05) is 0 Å². The second kappa shape index (κ2) is 16.6. The molecule has 0 fully saturated rings. The smallest absolute Gasteiger partial charge is 0.0998 e. The van der Waals surface area contributed by atoms with Crippen molar-refractivity contribution in [3.63, 3.8) is 0 Å². The van der Waals surface area contributed by atoms with E-state index >= 15 is 0 Å². The molecule has 12 heavy (non-hydrogen) atoms. The van der Waals surface area contributed by atoms with Gasteiger partial charge in [-0.05, 0) is 0 Å². The summed E-state index contributed by atoms with van der Waals surface area (Å²) in [6.07, 6.45) is 4.88. The van der Waals surface area contributed by atoms with Crippen LogP contribution in [0.4, 0.5) is 0 Å². The van der Waals surface area contributed by atoms with E-state index in [1.54, 1.807) is 12.2 Å². The highest BCUT2D eigenvalue weighted by Gasteiger charge is 1.70. The summed E-state index contributed by atoms with van der Waals surface area (Å²) in [7, 11) is 0. The molecule has 0 amide bonds. The summed E-state index contributed by atoms with van der Waals surface area (Å²) < 4.78 is 4.90. The van der Waals surface area contributed by atoms with Crippen LogP contribution in [0.5, 0.6) is 0 Å². The molecule has 70 valence electrons. The second-order valence-corrected chi connectivity index (χ2v) is 1.70. The van der Waals surface area contributed by atoms with E-state index in [2.05, 4.69) is 24.6 Å². The molecule has 3 nitrogen and oxygen atoms in total. The summed E-state index contributed by atoms with van der Waals surface area (Å²) in [5.41, 5.74) is 0. The number of ether oxygens (including phenoxy) is 1. The zero-order valence-electron chi connectivity index (χ0n) is 7.24. The van der Waals surface area contributed by atoms with Crippen LogP contribution in [0, 0.1) is 0 Å². The summed E-state index contributed by atoms with van der Waals surface area (Å²) in [4.78, 5) is 3.57. The molecular formula is C9H16O3. The molecule has 0 spiro atoms. The fourth-order valence-corrected chi connectivity index (χ4v) is 0.287. The molecule has 0 saturated heterocycles. The van der Waals surface area contributed by atoms with Gasteiger partial charge in [0.2, 0.25) is 0 Å². The highest BCUT2D eigenvalue weighted by molar-refractivity contribution is 4.68. The summed E-state index contributed by atoms with van der Waals surface area (Å²) in [6, 6.07) is 0. The van der Waals surface area contributed by atoms with Gasteiger partial charge in [0.25, 0.3) is 0 Å². The van der Waals surface area contributed by atoms with Crippen molar-refractivity contribution in [2.24, 2.45) is 0 Å². The molecule has 0 saturated carbocycles. The van der Waals surface area contributed by atoms with Gasteiger partial charge in [0.1, 0.15) is 0 Å². The third-order valence-corrected chi connectivity index (χ3v) is 0.664. The fourth-order valence-electron chi connectivity index (χ4n) is 0.287. The molecule has 0 aliphatic carbocycles. The van der Waals surface area contributed by atoms with Gasteiger partial charge in [-0.1, -0.05) is 18.2 Å². The van der Waals surface area contributed by atoms with Crippen molar-refractivity contribution in [1.82, 2.24) is 0 Å². The van der Waals surface area contributed by atoms with Crippen LogP contribution in [0.2, 0.25) is 0 Å². The summed E-state index contributed by atoms with van der Waals surface area (Å²) >= 11 is 0. The third kappa shape index (κ3) is 23.0. The van der Waals surface area contributed by atoms with Gasteiger partial charge in [-0.2, -0.15) is 0 Å². The average Bonchev–Trinajstić information content (AvgIpc) is 2.08. The molecule has 0 aromatic heterocycles. The highest BCUT2D eigenvalue weighted by atomic mass is 17.1. The Labute approximate surface area is 73.5 Å². The molecular weight excluding hydrogens is 156 g/mol. The van der Waals surface area contributed by atoms with Gasteiger partial charge < -0.3 is 4.74 Å². The van der Waals surface area contributed by atoms with Crippen LogP contribution in [0.15, 0.2) is 38.0 Å². The first-order valence-corrected chi connectivity index (χ1v) is 3.50. The van der Waals surface area contributed by atoms with Crippen LogP contribution < -0.4 is 0 Å². The highest BCUT2D eigenvalue weighted by Crippen LogP contribution is 1.72. The minimum atomic E-state index is 0.208. The molecule has 0 aromatic carbocycles. The van der Waals surface area contributed by atoms with Crippen molar-refractivity contribution >= 4 is 0 Å². The Kier molecular flexibility index (Phi) is 18.9. The fraction of sp³-hybridized carbons (Fsp3) is 0.333. The van der Waals surface area contributed by atoms with Crippen molar-refractivity contribution in [2.45, 2.75) is 0 Å². The monoisotopic (exact) mass is 172 g/mol. The SMILES string of the molecule is C=CCOCC=C.C=CCOO. The predicted octanol–water partition coefficient (Wildman–Crippen LogP) is 2.04. The van der Waals surface area contributed by atoms with Crippen molar-refractivity contribution in [1.29, 1.82) is 0 Å². The quantitative estimate of drug-likeness (QED) is 0.288. The Hall–Kier alpha value is -0.900. The molecule has 0 unspecified atom stereocenters. The van der Waals surface area contributed by atoms with Crippen LogP contribution in [-0.4, -0.2) is 25.1 Å². The van der Waals surface area contributed by atoms with E-state index in [-0.39, 0.29) is 6.61 Å². The Bertz CT molecular complexity index is 102. The third-order valence-electron chi connectivity index (χ3n) is 0.664. The molecule has 0 atom stereocenters. The molecule has 1 N–H and O–H groups in total. The van der Waals surface area contributed by atoms with Crippen molar-refractivity contribution in [3.05, 3.63) is 38.0 Å². The van der Waals surface area contributed by atoms with Gasteiger partial charge in [-0.15, -0.1) is 19.7 Å². The summed E-state index contributed by atoms with van der Waals surface area (Å²) in [6.45, 7) is 11.7. The number of hydrogen-bond acceptors (Lipinski definition) is 3. The molecule has 0 radical (unpaired) electrons. The summed E-state index contributed by atoms with van der Waals surface area (Å²) in [5.74, 6) is 0. The standard InChI is InChI=1S/C6H10O.C3H6O2/c1-3-5-7-6-4-2;1-2-3-5-4/h3-4H,1-2,5-6H2;2,4H,1,3H2. The molecule has 0 heterocycles. The molecule has 0 bridgehead atoms. The lowest BCUT2D eigenvalue weighted by Crippen LogP contribution is -1.87. The molecule has 0 rings (SSSR count). The van der Waals surface area contributed by atoms with Crippen LogP contribution in [0.3, 0.4) is 0 Å². The van der Waals surface area contributed by atoms with Crippen molar-refractivity contribution in [2.75, 3.05) is 19.8 Å². The van der Waals surface area contributed by atoms with Gasteiger partial charge >= 0.3 is 0 Å². The Morgan fingerprint density at radius 1 is 0.917 bits per heavy atom. The van der Waals surface area contributed by atoms with Crippen LogP contribution in [-0.2, 0) is 9.62 Å². The van der Waals surface area contributed by atoms with E-state index in [0.717, 1.165) is 0 Å². The van der Waals surface area contributed by atoms with E-state index in [0.29, 0.717) is 13.2 Å². The minimum Gasteiger partial charge on any atom is -0.373 e. The van der Waals surface area contributed by atoms with Gasteiger partial charge in [0.05, 0.1) is 19.8 Å². The molecule has 3 heteroatoms.